The molecular weight excluding hydrogens is 292 g/mol. The number of methoxy groups -OCH3 is 1. The predicted molar refractivity (Wildman–Crippen MR) is 90.7 cm³/mol. The maximum absolute atomic E-state index is 12.2. The first-order valence-electron chi connectivity index (χ1n) is 8.13. The van der Waals surface area contributed by atoms with Gasteiger partial charge in [0.15, 0.2) is 0 Å². The second-order valence-corrected chi connectivity index (χ2v) is 6.01. The molecular formula is C17H24N4O2. The molecule has 1 unspecified atom stereocenters. The van der Waals surface area contributed by atoms with Crippen LogP contribution in [-0.4, -0.2) is 66.2 Å². The maximum Gasteiger partial charge on any atom is 0.258 e. The van der Waals surface area contributed by atoms with Gasteiger partial charge in [-0.25, -0.2) is 4.98 Å². The molecule has 0 radical (unpaired) electrons. The van der Waals surface area contributed by atoms with Gasteiger partial charge in [0.25, 0.3) is 5.56 Å². The minimum Gasteiger partial charge on any atom is -0.383 e. The van der Waals surface area contributed by atoms with Gasteiger partial charge in [-0.1, -0.05) is 12.1 Å². The molecule has 2 heterocycles. The van der Waals surface area contributed by atoms with Crippen LogP contribution >= 0.6 is 0 Å². The number of nitrogens with one attached hydrogen (secondary N) is 1. The minimum absolute atomic E-state index is 0.0591. The van der Waals surface area contributed by atoms with E-state index in [4.69, 9.17) is 4.74 Å². The van der Waals surface area contributed by atoms with Gasteiger partial charge in [-0.3, -0.25) is 14.6 Å². The Kier molecular flexibility index (Phi) is 5.05. The average Bonchev–Trinajstić information content (AvgIpc) is 2.60. The van der Waals surface area contributed by atoms with Gasteiger partial charge in [0.2, 0.25) is 0 Å². The monoisotopic (exact) mass is 316 g/mol. The molecule has 1 N–H and O–H groups in total. The number of H-pyrrole nitrogens is 1. The van der Waals surface area contributed by atoms with Crippen molar-refractivity contribution in [1.82, 2.24) is 19.8 Å². The Morgan fingerprint density at radius 1 is 1.26 bits per heavy atom. The van der Waals surface area contributed by atoms with E-state index in [1.807, 2.05) is 24.3 Å². The number of benzene rings is 1. The summed E-state index contributed by atoms with van der Waals surface area (Å²) in [4.78, 5) is 24.6. The standard InChI is InChI=1S/C17H24N4O2/c1-13(21-9-7-20(8-10-21)11-12-23-2)16-18-15-6-4-3-5-14(15)17(22)19-16/h3-6,13H,7-12H2,1-2H3,(H,18,19,22). The number of aromatic nitrogens is 2. The van der Waals surface area contributed by atoms with Crippen LogP contribution in [0.15, 0.2) is 29.1 Å². The summed E-state index contributed by atoms with van der Waals surface area (Å²) >= 11 is 0. The second kappa shape index (κ2) is 7.21. The van der Waals surface area contributed by atoms with Gasteiger partial charge in [-0.15, -0.1) is 0 Å². The van der Waals surface area contributed by atoms with E-state index in [9.17, 15) is 4.79 Å². The molecule has 2 aromatic rings. The number of aromatic amines is 1. The Morgan fingerprint density at radius 2 is 2.00 bits per heavy atom. The van der Waals surface area contributed by atoms with Gasteiger partial charge in [0.05, 0.1) is 23.6 Å². The van der Waals surface area contributed by atoms with Gasteiger partial charge >= 0.3 is 0 Å². The van der Waals surface area contributed by atoms with Crippen LogP contribution < -0.4 is 5.56 Å². The second-order valence-electron chi connectivity index (χ2n) is 6.01. The number of rotatable bonds is 5. The van der Waals surface area contributed by atoms with Gasteiger partial charge < -0.3 is 9.72 Å². The third-order valence-electron chi connectivity index (χ3n) is 4.59. The van der Waals surface area contributed by atoms with E-state index in [-0.39, 0.29) is 11.6 Å². The quantitative estimate of drug-likeness (QED) is 0.899. The summed E-state index contributed by atoms with van der Waals surface area (Å²) in [6.07, 6.45) is 0. The molecule has 0 saturated carbocycles. The van der Waals surface area contributed by atoms with Crippen LogP contribution in [0.4, 0.5) is 0 Å². The lowest BCUT2D eigenvalue weighted by Gasteiger charge is -2.37. The highest BCUT2D eigenvalue weighted by Crippen LogP contribution is 2.19. The number of fused-ring (bicyclic) bond motifs is 1. The molecule has 1 fully saturated rings. The highest BCUT2D eigenvalue weighted by Gasteiger charge is 2.23. The van der Waals surface area contributed by atoms with Crippen LogP contribution in [0, 0.1) is 0 Å². The van der Waals surface area contributed by atoms with Crippen molar-refractivity contribution < 1.29 is 4.74 Å². The van der Waals surface area contributed by atoms with E-state index in [1.165, 1.54) is 0 Å². The van der Waals surface area contributed by atoms with Gasteiger partial charge in [0, 0.05) is 39.8 Å². The molecule has 0 aliphatic carbocycles. The van der Waals surface area contributed by atoms with E-state index >= 15 is 0 Å². The van der Waals surface area contributed by atoms with Crippen molar-refractivity contribution in [3.8, 4) is 0 Å². The van der Waals surface area contributed by atoms with Crippen molar-refractivity contribution in [2.24, 2.45) is 0 Å². The molecule has 1 aromatic carbocycles. The van der Waals surface area contributed by atoms with Crippen molar-refractivity contribution >= 4 is 10.9 Å². The Hall–Kier alpha value is -1.76. The van der Waals surface area contributed by atoms with Crippen LogP contribution in [0.3, 0.4) is 0 Å². The van der Waals surface area contributed by atoms with Crippen LogP contribution in [0.2, 0.25) is 0 Å². The van der Waals surface area contributed by atoms with Crippen molar-refractivity contribution in [1.29, 1.82) is 0 Å². The Balaban J connectivity index is 1.71. The normalized spacial score (nSPS) is 18.3. The molecule has 0 bridgehead atoms. The zero-order chi connectivity index (χ0) is 16.2. The summed E-state index contributed by atoms with van der Waals surface area (Å²) in [6, 6.07) is 7.59. The zero-order valence-electron chi connectivity index (χ0n) is 13.8. The summed E-state index contributed by atoms with van der Waals surface area (Å²) in [5, 5.41) is 0.646. The average molecular weight is 316 g/mol. The van der Waals surface area contributed by atoms with Crippen LogP contribution in [0.25, 0.3) is 10.9 Å². The fourth-order valence-electron chi connectivity index (χ4n) is 3.07. The third-order valence-corrected chi connectivity index (χ3v) is 4.59. The fraction of sp³-hybridized carbons (Fsp3) is 0.529. The highest BCUT2D eigenvalue weighted by molar-refractivity contribution is 5.77. The van der Waals surface area contributed by atoms with Crippen molar-refractivity contribution in [2.75, 3.05) is 46.4 Å². The van der Waals surface area contributed by atoms with Crippen LogP contribution in [0.1, 0.15) is 18.8 Å². The third kappa shape index (κ3) is 3.60. The Bertz CT molecular complexity index is 707. The molecule has 1 aromatic heterocycles. The number of hydrogen-bond donors (Lipinski definition) is 1. The topological polar surface area (TPSA) is 61.5 Å². The first-order valence-corrected chi connectivity index (χ1v) is 8.13. The number of para-hydroxylation sites is 1. The lowest BCUT2D eigenvalue weighted by molar-refractivity contribution is 0.0766. The number of hydrogen-bond acceptors (Lipinski definition) is 5. The van der Waals surface area contributed by atoms with E-state index in [0.29, 0.717) is 5.39 Å². The lowest BCUT2D eigenvalue weighted by atomic mass is 10.2. The van der Waals surface area contributed by atoms with Gasteiger partial charge in [-0.05, 0) is 19.1 Å². The van der Waals surface area contributed by atoms with Crippen molar-refractivity contribution in [3.05, 3.63) is 40.4 Å². The first kappa shape index (κ1) is 16.1. The number of piperazine rings is 1. The molecule has 6 nitrogen and oxygen atoms in total. The Labute approximate surface area is 136 Å². The zero-order valence-corrected chi connectivity index (χ0v) is 13.8. The maximum atomic E-state index is 12.2. The van der Waals surface area contributed by atoms with Crippen LogP contribution in [-0.2, 0) is 4.74 Å². The van der Waals surface area contributed by atoms with Gasteiger partial charge in [0.1, 0.15) is 5.82 Å². The van der Waals surface area contributed by atoms with E-state index in [1.54, 1.807) is 7.11 Å². The van der Waals surface area contributed by atoms with E-state index in [2.05, 4.69) is 26.7 Å². The molecule has 3 rings (SSSR count). The Morgan fingerprint density at radius 3 is 2.74 bits per heavy atom. The van der Waals surface area contributed by atoms with Crippen molar-refractivity contribution in [3.63, 3.8) is 0 Å². The molecule has 6 heteroatoms. The minimum atomic E-state index is -0.0591. The number of nitrogens with zero attached hydrogens (tertiary/aromatic N) is 3. The number of ether oxygens (including phenoxy) is 1. The highest BCUT2D eigenvalue weighted by atomic mass is 16.5. The molecule has 1 atom stereocenters. The molecule has 23 heavy (non-hydrogen) atoms. The molecule has 0 amide bonds. The van der Waals surface area contributed by atoms with E-state index in [0.717, 1.165) is 50.7 Å². The van der Waals surface area contributed by atoms with Crippen molar-refractivity contribution in [2.45, 2.75) is 13.0 Å². The molecule has 1 aliphatic heterocycles. The summed E-state index contributed by atoms with van der Waals surface area (Å²) in [5.74, 6) is 0.749. The summed E-state index contributed by atoms with van der Waals surface area (Å²) in [5.41, 5.74) is 0.702. The molecule has 1 saturated heterocycles. The van der Waals surface area contributed by atoms with Crippen LogP contribution in [0.5, 0.6) is 0 Å². The summed E-state index contributed by atoms with van der Waals surface area (Å²) in [6.45, 7) is 7.84. The fourth-order valence-corrected chi connectivity index (χ4v) is 3.07. The van der Waals surface area contributed by atoms with E-state index < -0.39 is 0 Å². The molecule has 1 aliphatic rings. The smallest absolute Gasteiger partial charge is 0.258 e. The lowest BCUT2D eigenvalue weighted by Crippen LogP contribution is -2.48. The predicted octanol–water partition coefficient (Wildman–Crippen LogP) is 1.25. The summed E-state index contributed by atoms with van der Waals surface area (Å²) < 4.78 is 5.14. The molecule has 0 spiro atoms. The summed E-state index contributed by atoms with van der Waals surface area (Å²) in [7, 11) is 1.74. The largest absolute Gasteiger partial charge is 0.383 e. The van der Waals surface area contributed by atoms with Gasteiger partial charge in [-0.2, -0.15) is 0 Å². The molecule has 124 valence electrons. The first-order chi connectivity index (χ1) is 11.2. The SMILES string of the molecule is COCCN1CCN(C(C)c2nc3ccccc3c(=O)[nH]2)CC1.